The Balaban J connectivity index is 2.30. The first-order valence-corrected chi connectivity index (χ1v) is 6.24. The Morgan fingerprint density at radius 2 is 2.29 bits per heavy atom. The quantitative estimate of drug-likeness (QED) is 0.697. The molecule has 0 aliphatic carbocycles. The molecule has 0 radical (unpaired) electrons. The summed E-state index contributed by atoms with van der Waals surface area (Å²) in [4.78, 5) is 15.4. The number of nitrogens with two attached hydrogens (primary N) is 1. The van der Waals surface area contributed by atoms with E-state index in [2.05, 4.69) is 16.8 Å². The van der Waals surface area contributed by atoms with Crippen molar-refractivity contribution in [2.45, 2.75) is 37.8 Å². The lowest BCUT2D eigenvalue weighted by molar-refractivity contribution is -0.143. The zero-order valence-corrected chi connectivity index (χ0v) is 11.1. The van der Waals surface area contributed by atoms with Gasteiger partial charge in [0.1, 0.15) is 5.54 Å². The van der Waals surface area contributed by atoms with Gasteiger partial charge in [0.25, 0.3) is 0 Å². The van der Waals surface area contributed by atoms with Crippen molar-refractivity contribution in [2.75, 3.05) is 33.7 Å². The van der Waals surface area contributed by atoms with Crippen molar-refractivity contribution in [1.29, 1.82) is 0 Å². The number of carbonyl (C=O) groups is 1. The van der Waals surface area contributed by atoms with Gasteiger partial charge >= 0.3 is 5.97 Å². The molecule has 0 spiro atoms. The number of aliphatic carboxylic acids is 1. The molecule has 1 aliphatic heterocycles. The molecule has 17 heavy (non-hydrogen) atoms. The molecule has 0 aromatic heterocycles. The van der Waals surface area contributed by atoms with Crippen LogP contribution in [0.2, 0.25) is 0 Å². The van der Waals surface area contributed by atoms with E-state index in [4.69, 9.17) is 10.8 Å². The molecule has 0 aromatic rings. The number of nitrogens with zero attached hydrogens (tertiary/aromatic N) is 2. The number of hydrogen-bond donors (Lipinski definition) is 2. The van der Waals surface area contributed by atoms with Crippen LogP contribution in [0.5, 0.6) is 0 Å². The minimum absolute atomic E-state index is 0.481. The van der Waals surface area contributed by atoms with Gasteiger partial charge in [-0.3, -0.25) is 4.79 Å². The Bertz CT molecular complexity index is 268. The van der Waals surface area contributed by atoms with Crippen LogP contribution in [0.3, 0.4) is 0 Å². The summed E-state index contributed by atoms with van der Waals surface area (Å²) in [5.74, 6) is -0.927. The Morgan fingerprint density at radius 1 is 1.65 bits per heavy atom. The van der Waals surface area contributed by atoms with Gasteiger partial charge in [-0.05, 0) is 46.8 Å². The molecule has 1 saturated heterocycles. The number of likely N-dealkylation sites (N-methyl/N-ethyl adjacent to an activating group) is 2. The van der Waals surface area contributed by atoms with Crippen LogP contribution < -0.4 is 5.73 Å². The second-order valence-electron chi connectivity index (χ2n) is 5.51. The van der Waals surface area contributed by atoms with Gasteiger partial charge in [0, 0.05) is 19.1 Å². The number of carboxylic acids is 1. The van der Waals surface area contributed by atoms with Crippen LogP contribution in [-0.2, 0) is 4.79 Å². The SMILES string of the molecule is CN(CCC(C)(N)C(=O)O)CC1CCCN1C. The lowest BCUT2D eigenvalue weighted by Crippen LogP contribution is -2.47. The molecule has 1 aliphatic rings. The van der Waals surface area contributed by atoms with Gasteiger partial charge in [-0.1, -0.05) is 0 Å². The van der Waals surface area contributed by atoms with Gasteiger partial charge in [-0.25, -0.2) is 0 Å². The van der Waals surface area contributed by atoms with E-state index in [1.807, 2.05) is 7.05 Å². The maximum absolute atomic E-state index is 10.9. The number of likely N-dealkylation sites (tertiary alicyclic amines) is 1. The summed E-state index contributed by atoms with van der Waals surface area (Å²) in [6.07, 6.45) is 2.98. The average molecular weight is 243 g/mol. The molecular formula is C12H25N3O2. The Labute approximate surface area is 104 Å². The number of carboxylic acid groups (broad SMARTS) is 1. The topological polar surface area (TPSA) is 69.8 Å². The summed E-state index contributed by atoms with van der Waals surface area (Å²) < 4.78 is 0. The summed E-state index contributed by atoms with van der Waals surface area (Å²) in [5.41, 5.74) is 4.59. The normalized spacial score (nSPS) is 25.1. The summed E-state index contributed by atoms with van der Waals surface area (Å²) in [5, 5.41) is 8.93. The standard InChI is InChI=1S/C12H25N3O2/c1-12(13,11(16)17)6-8-14(2)9-10-5-4-7-15(10)3/h10H,4-9,13H2,1-3H3,(H,16,17). The predicted octanol–water partition coefficient (Wildman–Crippen LogP) is 0.205. The van der Waals surface area contributed by atoms with Crippen molar-refractivity contribution in [1.82, 2.24) is 9.80 Å². The fraction of sp³-hybridized carbons (Fsp3) is 0.917. The first kappa shape index (κ1) is 14.4. The molecule has 1 heterocycles. The van der Waals surface area contributed by atoms with Crippen LogP contribution in [-0.4, -0.2) is 66.2 Å². The summed E-state index contributed by atoms with van der Waals surface area (Å²) in [6, 6.07) is 0.605. The van der Waals surface area contributed by atoms with E-state index in [9.17, 15) is 4.79 Å². The van der Waals surface area contributed by atoms with Crippen molar-refractivity contribution < 1.29 is 9.90 Å². The third kappa shape index (κ3) is 4.26. The Kier molecular flexibility index (Phi) is 4.91. The lowest BCUT2D eigenvalue weighted by atomic mass is 9.99. The van der Waals surface area contributed by atoms with Gasteiger partial charge in [0.15, 0.2) is 0 Å². The third-order valence-electron chi connectivity index (χ3n) is 3.70. The predicted molar refractivity (Wildman–Crippen MR) is 68.0 cm³/mol. The lowest BCUT2D eigenvalue weighted by Gasteiger charge is -2.28. The first-order valence-electron chi connectivity index (χ1n) is 6.24. The minimum Gasteiger partial charge on any atom is -0.480 e. The zero-order valence-electron chi connectivity index (χ0n) is 11.1. The molecule has 5 nitrogen and oxygen atoms in total. The summed E-state index contributed by atoms with van der Waals surface area (Å²) in [7, 11) is 4.18. The molecule has 1 rings (SSSR count). The molecule has 3 N–H and O–H groups in total. The Hall–Kier alpha value is -0.650. The molecule has 0 saturated carbocycles. The first-order chi connectivity index (χ1) is 7.83. The maximum Gasteiger partial charge on any atom is 0.323 e. The van der Waals surface area contributed by atoms with Crippen LogP contribution in [0.4, 0.5) is 0 Å². The van der Waals surface area contributed by atoms with E-state index < -0.39 is 11.5 Å². The highest BCUT2D eigenvalue weighted by Crippen LogP contribution is 2.16. The van der Waals surface area contributed by atoms with E-state index in [1.54, 1.807) is 6.92 Å². The summed E-state index contributed by atoms with van der Waals surface area (Å²) in [6.45, 7) is 4.46. The van der Waals surface area contributed by atoms with Crippen LogP contribution in [0.1, 0.15) is 26.2 Å². The molecule has 5 heteroatoms. The fourth-order valence-corrected chi connectivity index (χ4v) is 2.19. The maximum atomic E-state index is 10.9. The molecule has 0 aromatic carbocycles. The van der Waals surface area contributed by atoms with Crippen molar-refractivity contribution in [3.63, 3.8) is 0 Å². The molecule has 0 amide bonds. The van der Waals surface area contributed by atoms with Gasteiger partial charge in [0.05, 0.1) is 0 Å². The number of hydrogen-bond acceptors (Lipinski definition) is 4. The van der Waals surface area contributed by atoms with Crippen molar-refractivity contribution >= 4 is 5.97 Å². The molecule has 100 valence electrons. The molecular weight excluding hydrogens is 218 g/mol. The summed E-state index contributed by atoms with van der Waals surface area (Å²) >= 11 is 0. The van der Waals surface area contributed by atoms with E-state index >= 15 is 0 Å². The molecule has 0 bridgehead atoms. The fourth-order valence-electron chi connectivity index (χ4n) is 2.19. The largest absolute Gasteiger partial charge is 0.480 e. The van der Waals surface area contributed by atoms with Gasteiger partial charge in [0.2, 0.25) is 0 Å². The van der Waals surface area contributed by atoms with E-state index in [-0.39, 0.29) is 0 Å². The highest BCUT2D eigenvalue weighted by atomic mass is 16.4. The van der Waals surface area contributed by atoms with Gasteiger partial charge in [-0.15, -0.1) is 0 Å². The van der Waals surface area contributed by atoms with Crippen LogP contribution in [0, 0.1) is 0 Å². The minimum atomic E-state index is -1.12. The second kappa shape index (κ2) is 5.80. The Morgan fingerprint density at radius 3 is 2.76 bits per heavy atom. The third-order valence-corrected chi connectivity index (χ3v) is 3.70. The average Bonchev–Trinajstić information content (AvgIpc) is 2.61. The van der Waals surface area contributed by atoms with Crippen LogP contribution in [0.15, 0.2) is 0 Å². The molecule has 2 unspecified atom stereocenters. The van der Waals surface area contributed by atoms with Gasteiger partial charge < -0.3 is 20.6 Å². The van der Waals surface area contributed by atoms with Gasteiger partial charge in [-0.2, -0.15) is 0 Å². The monoisotopic (exact) mass is 243 g/mol. The zero-order chi connectivity index (χ0) is 13.1. The highest BCUT2D eigenvalue weighted by Gasteiger charge is 2.28. The number of rotatable bonds is 6. The highest BCUT2D eigenvalue weighted by molar-refractivity contribution is 5.77. The van der Waals surface area contributed by atoms with E-state index in [0.717, 1.165) is 13.1 Å². The molecule has 1 fully saturated rings. The second-order valence-corrected chi connectivity index (χ2v) is 5.51. The van der Waals surface area contributed by atoms with Crippen LogP contribution in [0.25, 0.3) is 0 Å². The van der Waals surface area contributed by atoms with Crippen molar-refractivity contribution in [3.05, 3.63) is 0 Å². The van der Waals surface area contributed by atoms with Crippen LogP contribution >= 0.6 is 0 Å². The van der Waals surface area contributed by atoms with E-state index in [1.165, 1.54) is 19.4 Å². The van der Waals surface area contributed by atoms with E-state index in [0.29, 0.717) is 12.5 Å². The van der Waals surface area contributed by atoms with Crippen molar-refractivity contribution in [3.8, 4) is 0 Å². The molecule has 2 atom stereocenters. The van der Waals surface area contributed by atoms with Crippen molar-refractivity contribution in [2.24, 2.45) is 5.73 Å². The smallest absolute Gasteiger partial charge is 0.323 e.